The molecule has 1 aromatic carbocycles. The number of rotatable bonds is 17. The molecule has 14 nitrogen and oxygen atoms in total. The fraction of sp³-hybridized carbons (Fsp3) is 0.649. The number of nitrogens with zero attached hydrogens (tertiary/aromatic N) is 1. The molecule has 1 saturated carbocycles. The number of amides is 6. The van der Waals surface area contributed by atoms with Gasteiger partial charge in [-0.15, -0.1) is 0 Å². The molecule has 2 aliphatic rings. The van der Waals surface area contributed by atoms with Crippen LogP contribution in [0.25, 0.3) is 0 Å². The van der Waals surface area contributed by atoms with Crippen molar-refractivity contribution in [2.45, 2.75) is 121 Å². The number of Topliss-reactive ketones (excluding diaryl/α,β-unsaturated/α-hetero) is 1. The average molecular weight is 781 g/mol. The highest BCUT2D eigenvalue weighted by Crippen LogP contribution is 2.38. The van der Waals surface area contributed by atoms with Crippen LogP contribution in [0.1, 0.15) is 97.1 Å². The molecule has 6 amide bonds. The molecule has 1 heterocycles. The smallest absolute Gasteiger partial charge is 0.408 e. The zero-order valence-corrected chi connectivity index (χ0v) is 32.8. The van der Waals surface area contributed by atoms with E-state index < -0.39 is 83.4 Å². The molecule has 0 bridgehead atoms. The minimum atomic E-state index is -3.45. The summed E-state index contributed by atoms with van der Waals surface area (Å²) in [5.74, 6) is -4.97. The van der Waals surface area contributed by atoms with Crippen LogP contribution in [0, 0.1) is 11.8 Å². The number of carbonyl (C=O) groups excluding carboxylic acids is 7. The van der Waals surface area contributed by atoms with Crippen LogP contribution in [-0.4, -0.2) is 95.8 Å². The Morgan fingerprint density at radius 1 is 0.944 bits per heavy atom. The van der Waals surface area contributed by atoms with Gasteiger partial charge in [0, 0.05) is 13.6 Å². The first-order chi connectivity index (χ1) is 25.4. The second-order valence-electron chi connectivity index (χ2n) is 14.6. The standard InChI is InChI=1S/C37H55F2N6O8P/c1-6-22(2)20-25(30(47)33(50)41-21-27(46)43-28(32(49)40-5)23-14-9-7-10-15-23)42-31(48)26-18-13-19-45(26)34(51)29(24-16-11-8-12-17-24)44-35(52)53-36(3,4)37(38,39)54/h7,9-10,14-15,22,24-26,28-29H,6,8,11-13,16-21,54H2,1-5H3,(H,40,49)(H,41,50)(H,42,48)(H,43,46)(H,44,52). The molecule has 6 atom stereocenters. The molecule has 2 fully saturated rings. The zero-order chi connectivity index (χ0) is 40.2. The fourth-order valence-corrected chi connectivity index (χ4v) is 6.62. The Balaban J connectivity index is 1.72. The first-order valence-electron chi connectivity index (χ1n) is 18.5. The van der Waals surface area contributed by atoms with E-state index in [0.717, 1.165) is 33.1 Å². The van der Waals surface area contributed by atoms with E-state index in [4.69, 9.17) is 4.74 Å². The van der Waals surface area contributed by atoms with Crippen LogP contribution in [0.3, 0.4) is 0 Å². The maximum Gasteiger partial charge on any atom is 0.408 e. The summed E-state index contributed by atoms with van der Waals surface area (Å²) in [4.78, 5) is 94.0. The van der Waals surface area contributed by atoms with Crippen LogP contribution in [0.4, 0.5) is 13.6 Å². The lowest BCUT2D eigenvalue weighted by molar-refractivity contribution is -0.144. The van der Waals surface area contributed by atoms with Crippen molar-refractivity contribution < 1.29 is 47.1 Å². The van der Waals surface area contributed by atoms with Crippen molar-refractivity contribution in [1.82, 2.24) is 31.5 Å². The summed E-state index contributed by atoms with van der Waals surface area (Å²) >= 11 is 0. The molecule has 6 unspecified atom stereocenters. The molecule has 1 aliphatic heterocycles. The first-order valence-corrected chi connectivity index (χ1v) is 19.1. The van der Waals surface area contributed by atoms with Gasteiger partial charge in [0.25, 0.3) is 11.6 Å². The SMILES string of the molecule is CCC(C)CC(NC(=O)C1CCCN1C(=O)C(NC(=O)OC(C)(C)C(F)(F)P)C1CCCCC1)C(=O)C(=O)NCC(=O)NC(C(=O)NC)c1ccccc1. The number of halogens is 2. The van der Waals surface area contributed by atoms with E-state index in [1.165, 1.54) is 21.2 Å². The minimum absolute atomic E-state index is 0.0973. The number of nitrogens with one attached hydrogen (secondary N) is 5. The molecule has 0 radical (unpaired) electrons. The summed E-state index contributed by atoms with van der Waals surface area (Å²) in [5, 5.41) is 12.5. The number of hydrogen-bond donors (Lipinski definition) is 5. The normalized spacial score (nSPS) is 18.7. The van der Waals surface area contributed by atoms with Crippen LogP contribution < -0.4 is 26.6 Å². The lowest BCUT2D eigenvalue weighted by atomic mass is 9.83. The summed E-state index contributed by atoms with van der Waals surface area (Å²) in [7, 11) is 2.76. The third-order valence-corrected chi connectivity index (χ3v) is 10.9. The number of hydrogen-bond acceptors (Lipinski definition) is 8. The number of likely N-dealkylation sites (N-methyl/N-ethyl adjacent to an activating group) is 1. The van der Waals surface area contributed by atoms with E-state index in [9.17, 15) is 42.3 Å². The quantitative estimate of drug-likeness (QED) is 0.118. The third kappa shape index (κ3) is 12.2. The Morgan fingerprint density at radius 3 is 2.19 bits per heavy atom. The van der Waals surface area contributed by atoms with Crippen LogP contribution in [-0.2, 0) is 33.5 Å². The predicted octanol–water partition coefficient (Wildman–Crippen LogP) is 3.11. The third-order valence-electron chi connectivity index (χ3n) is 10.2. The Hall–Kier alpha value is -4.20. The molecule has 0 aromatic heterocycles. The molecular formula is C37H55F2N6O8P. The van der Waals surface area contributed by atoms with Crippen LogP contribution >= 0.6 is 9.24 Å². The molecule has 1 aliphatic carbocycles. The van der Waals surface area contributed by atoms with Crippen LogP contribution in [0.15, 0.2) is 30.3 Å². The van der Waals surface area contributed by atoms with Crippen LogP contribution in [0.5, 0.6) is 0 Å². The highest BCUT2D eigenvalue weighted by molar-refractivity contribution is 7.18. The molecule has 5 N–H and O–H groups in total. The zero-order valence-electron chi connectivity index (χ0n) is 31.7. The van der Waals surface area contributed by atoms with Crippen LogP contribution in [0.2, 0.25) is 0 Å². The lowest BCUT2D eigenvalue weighted by Crippen LogP contribution is -2.58. The van der Waals surface area contributed by atoms with Gasteiger partial charge in [-0.05, 0) is 63.4 Å². The van der Waals surface area contributed by atoms with Gasteiger partial charge in [-0.25, -0.2) is 4.79 Å². The monoisotopic (exact) mass is 780 g/mol. The van der Waals surface area contributed by atoms with Gasteiger partial charge in [-0.1, -0.05) is 79.1 Å². The number of alkyl carbamates (subject to hydrolysis) is 1. The van der Waals surface area contributed by atoms with Crippen molar-refractivity contribution in [3.8, 4) is 0 Å². The van der Waals surface area contributed by atoms with Gasteiger partial charge in [-0.2, -0.15) is 8.78 Å². The molecule has 300 valence electrons. The molecule has 1 aromatic rings. The molecule has 3 rings (SSSR count). The maximum absolute atomic E-state index is 14.1. The Bertz CT molecular complexity index is 1500. The number of ether oxygens (including phenoxy) is 1. The van der Waals surface area contributed by atoms with Gasteiger partial charge >= 0.3 is 6.09 Å². The Kier molecular flexibility index (Phi) is 16.3. The van der Waals surface area contributed by atoms with Crippen molar-refractivity contribution in [2.75, 3.05) is 20.1 Å². The van der Waals surface area contributed by atoms with Crippen molar-refractivity contribution in [2.24, 2.45) is 11.8 Å². The average Bonchev–Trinajstić information content (AvgIpc) is 3.64. The highest BCUT2D eigenvalue weighted by atomic mass is 31.0. The molecule has 0 spiro atoms. The van der Waals surface area contributed by atoms with Gasteiger partial charge in [0.2, 0.25) is 29.4 Å². The summed E-state index contributed by atoms with van der Waals surface area (Å²) in [6.45, 7) is 5.39. The lowest BCUT2D eigenvalue weighted by Gasteiger charge is -2.36. The summed E-state index contributed by atoms with van der Waals surface area (Å²) in [6, 6.07) is 3.96. The predicted molar refractivity (Wildman–Crippen MR) is 199 cm³/mol. The summed E-state index contributed by atoms with van der Waals surface area (Å²) in [5.41, 5.74) is -5.13. The number of ketones is 1. The van der Waals surface area contributed by atoms with Gasteiger partial charge in [0.05, 0.1) is 12.6 Å². The number of alkyl halides is 2. The van der Waals surface area contributed by atoms with E-state index >= 15 is 0 Å². The van der Waals surface area contributed by atoms with Crippen molar-refractivity contribution in [3.63, 3.8) is 0 Å². The first kappa shape index (κ1) is 44.2. The number of benzene rings is 1. The van der Waals surface area contributed by atoms with E-state index in [-0.39, 0.29) is 31.2 Å². The minimum Gasteiger partial charge on any atom is -0.437 e. The van der Waals surface area contributed by atoms with Gasteiger partial charge in [0.1, 0.15) is 18.1 Å². The van der Waals surface area contributed by atoms with Gasteiger partial charge in [0.15, 0.2) is 5.60 Å². The van der Waals surface area contributed by atoms with Crippen molar-refractivity contribution >= 4 is 50.7 Å². The maximum atomic E-state index is 14.1. The van der Waals surface area contributed by atoms with E-state index in [1.807, 2.05) is 13.8 Å². The Morgan fingerprint density at radius 2 is 1.59 bits per heavy atom. The second-order valence-corrected chi connectivity index (χ2v) is 15.3. The number of likely N-dealkylation sites (tertiary alicyclic amines) is 1. The van der Waals surface area contributed by atoms with E-state index in [0.29, 0.717) is 31.2 Å². The molecule has 17 heteroatoms. The van der Waals surface area contributed by atoms with Gasteiger partial charge < -0.3 is 36.2 Å². The largest absolute Gasteiger partial charge is 0.437 e. The van der Waals surface area contributed by atoms with Crippen molar-refractivity contribution in [3.05, 3.63) is 35.9 Å². The van der Waals surface area contributed by atoms with Crippen molar-refractivity contribution in [1.29, 1.82) is 0 Å². The number of carbonyl (C=O) groups is 7. The summed E-state index contributed by atoms with van der Waals surface area (Å²) in [6.07, 6.45) is 3.97. The Labute approximate surface area is 317 Å². The molecular weight excluding hydrogens is 725 g/mol. The molecule has 54 heavy (non-hydrogen) atoms. The summed E-state index contributed by atoms with van der Waals surface area (Å²) < 4.78 is 33.2. The van der Waals surface area contributed by atoms with E-state index in [1.54, 1.807) is 30.3 Å². The molecule has 1 saturated heterocycles. The topological polar surface area (TPSA) is 192 Å². The van der Waals surface area contributed by atoms with Gasteiger partial charge in [-0.3, -0.25) is 28.8 Å². The second kappa shape index (κ2) is 19.9. The van der Waals surface area contributed by atoms with E-state index in [2.05, 4.69) is 26.6 Å². The fourth-order valence-electron chi connectivity index (χ4n) is 6.56. The highest BCUT2D eigenvalue weighted by Gasteiger charge is 2.47.